The van der Waals surface area contributed by atoms with Crippen LogP contribution in [0.4, 0.5) is 14.5 Å². The van der Waals surface area contributed by atoms with E-state index in [9.17, 15) is 18.4 Å². The predicted octanol–water partition coefficient (Wildman–Crippen LogP) is 2.92. The Kier molecular flexibility index (Phi) is 3.74. The minimum atomic E-state index is -1.15. The molecule has 0 saturated heterocycles. The van der Waals surface area contributed by atoms with Crippen LogP contribution in [0.5, 0.6) is 0 Å². The summed E-state index contributed by atoms with van der Waals surface area (Å²) in [4.78, 5) is 22.6. The zero-order chi connectivity index (χ0) is 14.7. The van der Waals surface area contributed by atoms with Gasteiger partial charge in [0.1, 0.15) is 11.6 Å². The largest absolute Gasteiger partial charge is 0.478 e. The van der Waals surface area contributed by atoms with Gasteiger partial charge in [-0.25, -0.2) is 13.6 Å². The second-order valence-electron chi connectivity index (χ2n) is 3.96. The van der Waals surface area contributed by atoms with Crippen LogP contribution in [0.25, 0.3) is 0 Å². The summed E-state index contributed by atoms with van der Waals surface area (Å²) in [5.74, 6) is -3.61. The van der Waals surface area contributed by atoms with E-state index in [4.69, 9.17) is 5.11 Å². The molecule has 4 nitrogen and oxygen atoms in total. The molecule has 0 spiro atoms. The number of aromatic carboxylic acids is 1. The zero-order valence-corrected chi connectivity index (χ0v) is 10.1. The maximum Gasteiger partial charge on any atom is 0.335 e. The van der Waals surface area contributed by atoms with Crippen LogP contribution in [-0.2, 0) is 0 Å². The maximum atomic E-state index is 13.4. The molecule has 2 rings (SSSR count). The van der Waals surface area contributed by atoms with Gasteiger partial charge in [0.05, 0.1) is 11.1 Å². The van der Waals surface area contributed by atoms with E-state index in [1.165, 1.54) is 24.3 Å². The van der Waals surface area contributed by atoms with E-state index in [1.54, 1.807) is 0 Å². The Hall–Kier alpha value is -2.76. The highest BCUT2D eigenvalue weighted by Gasteiger charge is 2.13. The molecular weight excluding hydrogens is 268 g/mol. The van der Waals surface area contributed by atoms with E-state index in [0.717, 1.165) is 18.2 Å². The van der Waals surface area contributed by atoms with Crippen molar-refractivity contribution in [2.24, 2.45) is 0 Å². The molecule has 0 saturated carbocycles. The summed E-state index contributed by atoms with van der Waals surface area (Å²) < 4.78 is 26.4. The van der Waals surface area contributed by atoms with Gasteiger partial charge in [0, 0.05) is 5.69 Å². The average Bonchev–Trinajstić information content (AvgIpc) is 2.41. The Bertz CT molecular complexity index is 686. The van der Waals surface area contributed by atoms with Gasteiger partial charge in [0.2, 0.25) is 0 Å². The standard InChI is InChI=1S/C14H9F2NO3/c15-9-4-5-12(16)11(7-9)13(18)17-10-3-1-2-8(6-10)14(19)20/h1-7H,(H,17,18)(H,19,20). The quantitative estimate of drug-likeness (QED) is 0.906. The number of carboxylic acid groups (broad SMARTS) is 1. The Morgan fingerprint density at radius 3 is 2.50 bits per heavy atom. The minimum Gasteiger partial charge on any atom is -0.478 e. The molecule has 0 heterocycles. The van der Waals surface area contributed by atoms with Gasteiger partial charge in [0.15, 0.2) is 0 Å². The van der Waals surface area contributed by atoms with Crippen LogP contribution in [0.1, 0.15) is 20.7 Å². The van der Waals surface area contributed by atoms with Crippen LogP contribution in [-0.4, -0.2) is 17.0 Å². The minimum absolute atomic E-state index is 0.0254. The van der Waals surface area contributed by atoms with Crippen LogP contribution < -0.4 is 5.32 Å². The van der Waals surface area contributed by atoms with Crippen molar-refractivity contribution in [1.29, 1.82) is 0 Å². The second-order valence-corrected chi connectivity index (χ2v) is 3.96. The number of halogens is 2. The molecule has 102 valence electrons. The van der Waals surface area contributed by atoms with Crippen molar-refractivity contribution in [3.63, 3.8) is 0 Å². The van der Waals surface area contributed by atoms with Crippen molar-refractivity contribution in [3.8, 4) is 0 Å². The summed E-state index contributed by atoms with van der Waals surface area (Å²) in [5.41, 5.74) is -0.299. The molecule has 0 aliphatic heterocycles. The lowest BCUT2D eigenvalue weighted by molar-refractivity contribution is 0.0696. The van der Waals surface area contributed by atoms with E-state index in [0.29, 0.717) is 0 Å². The monoisotopic (exact) mass is 277 g/mol. The van der Waals surface area contributed by atoms with Gasteiger partial charge >= 0.3 is 5.97 Å². The van der Waals surface area contributed by atoms with Crippen molar-refractivity contribution >= 4 is 17.6 Å². The molecule has 2 aromatic carbocycles. The molecule has 2 N–H and O–H groups in total. The summed E-state index contributed by atoms with van der Waals surface area (Å²) in [6, 6.07) is 7.96. The first-order valence-electron chi connectivity index (χ1n) is 5.57. The predicted molar refractivity (Wildman–Crippen MR) is 67.7 cm³/mol. The molecule has 0 aliphatic carbocycles. The first kappa shape index (κ1) is 13.7. The fraction of sp³-hybridized carbons (Fsp3) is 0. The third-order valence-corrected chi connectivity index (χ3v) is 2.54. The highest BCUT2D eigenvalue weighted by atomic mass is 19.1. The third-order valence-electron chi connectivity index (χ3n) is 2.54. The molecule has 0 bridgehead atoms. The molecule has 0 radical (unpaired) electrons. The summed E-state index contributed by atoms with van der Waals surface area (Å²) >= 11 is 0. The topological polar surface area (TPSA) is 66.4 Å². The Morgan fingerprint density at radius 2 is 1.80 bits per heavy atom. The maximum absolute atomic E-state index is 13.4. The molecule has 20 heavy (non-hydrogen) atoms. The number of carbonyl (C=O) groups excluding carboxylic acids is 1. The van der Waals surface area contributed by atoms with Crippen molar-refractivity contribution in [2.45, 2.75) is 0 Å². The lowest BCUT2D eigenvalue weighted by atomic mass is 10.1. The summed E-state index contributed by atoms with van der Waals surface area (Å²) in [5, 5.41) is 11.1. The average molecular weight is 277 g/mol. The highest BCUT2D eigenvalue weighted by molar-refractivity contribution is 6.05. The van der Waals surface area contributed by atoms with E-state index in [-0.39, 0.29) is 11.3 Å². The SMILES string of the molecule is O=C(O)c1cccc(NC(=O)c2cc(F)ccc2F)c1. The molecular formula is C14H9F2NO3. The van der Waals surface area contributed by atoms with E-state index in [2.05, 4.69) is 5.32 Å². The molecule has 0 fully saturated rings. The number of carbonyl (C=O) groups is 2. The van der Waals surface area contributed by atoms with Crippen molar-refractivity contribution < 1.29 is 23.5 Å². The summed E-state index contributed by atoms with van der Waals surface area (Å²) in [7, 11) is 0. The van der Waals surface area contributed by atoms with Gasteiger partial charge in [-0.1, -0.05) is 6.07 Å². The third kappa shape index (κ3) is 2.97. The second kappa shape index (κ2) is 5.48. The van der Waals surface area contributed by atoms with Crippen LogP contribution in [0.15, 0.2) is 42.5 Å². The molecule has 2 aromatic rings. The van der Waals surface area contributed by atoms with E-state index < -0.39 is 29.1 Å². The zero-order valence-electron chi connectivity index (χ0n) is 10.1. The van der Waals surface area contributed by atoms with Gasteiger partial charge < -0.3 is 10.4 Å². The number of benzene rings is 2. The van der Waals surface area contributed by atoms with Gasteiger partial charge in [-0.05, 0) is 36.4 Å². The first-order chi connectivity index (χ1) is 9.47. The number of amides is 1. The highest BCUT2D eigenvalue weighted by Crippen LogP contribution is 2.15. The fourth-order valence-corrected chi connectivity index (χ4v) is 1.60. The summed E-state index contributed by atoms with van der Waals surface area (Å²) in [6.45, 7) is 0. The molecule has 0 atom stereocenters. The van der Waals surface area contributed by atoms with Gasteiger partial charge in [-0.3, -0.25) is 4.79 Å². The van der Waals surface area contributed by atoms with E-state index in [1.807, 2.05) is 0 Å². The lowest BCUT2D eigenvalue weighted by Gasteiger charge is -2.07. The number of rotatable bonds is 3. The normalized spacial score (nSPS) is 10.1. The van der Waals surface area contributed by atoms with Crippen LogP contribution in [0, 0.1) is 11.6 Å². The van der Waals surface area contributed by atoms with Crippen LogP contribution in [0.3, 0.4) is 0 Å². The molecule has 0 unspecified atom stereocenters. The fourth-order valence-electron chi connectivity index (χ4n) is 1.60. The molecule has 0 aliphatic rings. The smallest absolute Gasteiger partial charge is 0.335 e. The van der Waals surface area contributed by atoms with Crippen LogP contribution in [0.2, 0.25) is 0 Å². The molecule has 6 heteroatoms. The number of hydrogen-bond acceptors (Lipinski definition) is 2. The van der Waals surface area contributed by atoms with Gasteiger partial charge in [-0.2, -0.15) is 0 Å². The number of carboxylic acids is 1. The Labute approximate surface area is 112 Å². The molecule has 0 aromatic heterocycles. The number of nitrogens with one attached hydrogen (secondary N) is 1. The van der Waals surface area contributed by atoms with Crippen molar-refractivity contribution in [1.82, 2.24) is 0 Å². The van der Waals surface area contributed by atoms with Gasteiger partial charge in [-0.15, -0.1) is 0 Å². The number of hydrogen-bond donors (Lipinski definition) is 2. The lowest BCUT2D eigenvalue weighted by Crippen LogP contribution is -2.14. The first-order valence-corrected chi connectivity index (χ1v) is 5.57. The Morgan fingerprint density at radius 1 is 1.05 bits per heavy atom. The summed E-state index contributed by atoms with van der Waals surface area (Å²) in [6.07, 6.45) is 0. The van der Waals surface area contributed by atoms with Crippen molar-refractivity contribution in [2.75, 3.05) is 5.32 Å². The Balaban J connectivity index is 2.25. The number of anilines is 1. The van der Waals surface area contributed by atoms with Gasteiger partial charge in [0.25, 0.3) is 5.91 Å². The van der Waals surface area contributed by atoms with Crippen molar-refractivity contribution in [3.05, 3.63) is 65.2 Å². The van der Waals surface area contributed by atoms with E-state index >= 15 is 0 Å². The van der Waals surface area contributed by atoms with Crippen LogP contribution >= 0.6 is 0 Å². The molecule has 1 amide bonds.